The van der Waals surface area contributed by atoms with Gasteiger partial charge in [0, 0.05) is 18.5 Å². The molecule has 150 valence electrons. The van der Waals surface area contributed by atoms with Gasteiger partial charge in [0.2, 0.25) is 0 Å². The third kappa shape index (κ3) is 3.90. The molecule has 2 aromatic rings. The number of nitrogens with zero attached hydrogens (tertiary/aromatic N) is 1. The highest BCUT2D eigenvalue weighted by molar-refractivity contribution is 5.96. The largest absolute Gasteiger partial charge is 0.478 e. The molecule has 1 aliphatic carbocycles. The molecule has 1 aliphatic rings. The number of carbonyl (C=O) groups excluding carboxylic acids is 1. The zero-order valence-electron chi connectivity index (χ0n) is 15.4. The normalized spacial score (nSPS) is 15.3. The van der Waals surface area contributed by atoms with Crippen LogP contribution in [0, 0.1) is 0 Å². The molecule has 28 heavy (non-hydrogen) atoms. The SMILES string of the molecule is CCc1oc(C(=O)N(C2CC2)C(C)c2cccc(C(F)(F)F)c2)cc1C(=O)O. The summed E-state index contributed by atoms with van der Waals surface area (Å²) in [5.74, 6) is -1.63. The Labute approximate surface area is 159 Å². The molecule has 0 spiro atoms. The third-order valence-corrected chi connectivity index (χ3v) is 4.86. The van der Waals surface area contributed by atoms with Gasteiger partial charge in [-0.05, 0) is 37.5 Å². The molecule has 5 nitrogen and oxygen atoms in total. The number of carbonyl (C=O) groups is 2. The van der Waals surface area contributed by atoms with Crippen LogP contribution in [-0.4, -0.2) is 27.9 Å². The number of carboxylic acids is 1. The molecule has 1 heterocycles. The number of carboxylic acid groups (broad SMARTS) is 1. The Hall–Kier alpha value is -2.77. The monoisotopic (exact) mass is 395 g/mol. The number of hydrogen-bond acceptors (Lipinski definition) is 3. The molecule has 0 bridgehead atoms. The summed E-state index contributed by atoms with van der Waals surface area (Å²) in [6.45, 7) is 3.37. The maximum absolute atomic E-state index is 13.0. The second kappa shape index (κ2) is 7.33. The van der Waals surface area contributed by atoms with E-state index in [0.29, 0.717) is 12.0 Å². The van der Waals surface area contributed by atoms with Gasteiger partial charge in [-0.2, -0.15) is 13.2 Å². The van der Waals surface area contributed by atoms with Crippen LogP contribution in [0.2, 0.25) is 0 Å². The molecule has 1 aromatic heterocycles. The molecule has 1 N–H and O–H groups in total. The first kappa shape index (κ1) is 20.0. The summed E-state index contributed by atoms with van der Waals surface area (Å²) in [7, 11) is 0. The zero-order chi connectivity index (χ0) is 20.6. The van der Waals surface area contributed by atoms with E-state index in [1.165, 1.54) is 17.0 Å². The van der Waals surface area contributed by atoms with Gasteiger partial charge in [-0.1, -0.05) is 19.1 Å². The zero-order valence-corrected chi connectivity index (χ0v) is 15.4. The van der Waals surface area contributed by atoms with E-state index >= 15 is 0 Å². The van der Waals surface area contributed by atoms with Crippen molar-refractivity contribution in [3.05, 3.63) is 58.5 Å². The Morgan fingerprint density at radius 2 is 1.96 bits per heavy atom. The molecule has 8 heteroatoms. The first-order valence-corrected chi connectivity index (χ1v) is 8.99. The number of alkyl halides is 3. The first-order valence-electron chi connectivity index (χ1n) is 8.99. The van der Waals surface area contributed by atoms with Crippen molar-refractivity contribution in [2.45, 2.75) is 51.4 Å². The standard InChI is InChI=1S/C20H20F3NO4/c1-3-16-15(19(26)27)10-17(28-16)18(25)24(14-7-8-14)11(2)12-5-4-6-13(9-12)20(21,22)23/h4-6,9-11,14H,3,7-8H2,1-2H3,(H,26,27). The van der Waals surface area contributed by atoms with Crippen molar-refractivity contribution in [3.63, 3.8) is 0 Å². The number of furan rings is 1. The molecule has 1 aromatic carbocycles. The number of amides is 1. The van der Waals surface area contributed by atoms with Crippen molar-refractivity contribution in [3.8, 4) is 0 Å². The summed E-state index contributed by atoms with van der Waals surface area (Å²) < 4.78 is 44.6. The lowest BCUT2D eigenvalue weighted by Gasteiger charge is -2.29. The summed E-state index contributed by atoms with van der Waals surface area (Å²) in [4.78, 5) is 25.9. The lowest BCUT2D eigenvalue weighted by Crippen LogP contribution is -2.35. The quantitative estimate of drug-likeness (QED) is 0.753. The molecule has 1 atom stereocenters. The van der Waals surface area contributed by atoms with Crippen LogP contribution in [0.3, 0.4) is 0 Å². The minimum Gasteiger partial charge on any atom is -0.478 e. The van der Waals surface area contributed by atoms with Crippen LogP contribution < -0.4 is 0 Å². The summed E-state index contributed by atoms with van der Waals surface area (Å²) in [5, 5.41) is 9.25. The van der Waals surface area contributed by atoms with E-state index in [-0.39, 0.29) is 23.1 Å². The van der Waals surface area contributed by atoms with Crippen molar-refractivity contribution in [1.82, 2.24) is 4.90 Å². The smallest absolute Gasteiger partial charge is 0.416 e. The maximum Gasteiger partial charge on any atom is 0.416 e. The van der Waals surface area contributed by atoms with Gasteiger partial charge in [0.1, 0.15) is 11.3 Å². The highest BCUT2D eigenvalue weighted by atomic mass is 19.4. The number of aromatic carboxylic acids is 1. The van der Waals surface area contributed by atoms with E-state index in [9.17, 15) is 27.9 Å². The van der Waals surface area contributed by atoms with Gasteiger partial charge >= 0.3 is 12.1 Å². The fourth-order valence-corrected chi connectivity index (χ4v) is 3.25. The van der Waals surface area contributed by atoms with Gasteiger partial charge in [-0.3, -0.25) is 4.79 Å². The van der Waals surface area contributed by atoms with Crippen molar-refractivity contribution in [1.29, 1.82) is 0 Å². The molecule has 0 radical (unpaired) electrons. The van der Waals surface area contributed by atoms with E-state index < -0.39 is 29.7 Å². The van der Waals surface area contributed by atoms with Gasteiger partial charge in [-0.15, -0.1) is 0 Å². The average molecular weight is 395 g/mol. The summed E-state index contributed by atoms with van der Waals surface area (Å²) in [5.41, 5.74) is -0.497. The molecule has 1 amide bonds. The molecule has 1 saturated carbocycles. The summed E-state index contributed by atoms with van der Waals surface area (Å²) in [6.07, 6.45) is -2.69. The molecule has 0 aliphatic heterocycles. The van der Waals surface area contributed by atoms with E-state index in [1.807, 2.05) is 0 Å². The minimum atomic E-state index is -4.47. The van der Waals surface area contributed by atoms with Crippen LogP contribution in [0.15, 0.2) is 34.7 Å². The molecule has 1 unspecified atom stereocenters. The Bertz CT molecular complexity index is 899. The number of aryl methyl sites for hydroxylation is 1. The van der Waals surface area contributed by atoms with Crippen LogP contribution in [0.5, 0.6) is 0 Å². The summed E-state index contributed by atoms with van der Waals surface area (Å²) in [6, 6.07) is 5.34. The topological polar surface area (TPSA) is 70.8 Å². The fourth-order valence-electron chi connectivity index (χ4n) is 3.25. The number of halogens is 3. The van der Waals surface area contributed by atoms with Gasteiger partial charge in [0.15, 0.2) is 5.76 Å². The lowest BCUT2D eigenvalue weighted by molar-refractivity contribution is -0.137. The molecular formula is C20H20F3NO4. The second-order valence-corrected chi connectivity index (χ2v) is 6.85. The van der Waals surface area contributed by atoms with E-state index in [1.54, 1.807) is 19.9 Å². The highest BCUT2D eigenvalue weighted by Crippen LogP contribution is 2.38. The lowest BCUT2D eigenvalue weighted by atomic mass is 10.0. The predicted octanol–water partition coefficient (Wildman–Crippen LogP) is 4.92. The number of hydrogen-bond donors (Lipinski definition) is 1. The van der Waals surface area contributed by atoms with Crippen molar-refractivity contribution < 1.29 is 32.3 Å². The summed E-state index contributed by atoms with van der Waals surface area (Å²) >= 11 is 0. The second-order valence-electron chi connectivity index (χ2n) is 6.85. The van der Waals surface area contributed by atoms with Crippen LogP contribution in [-0.2, 0) is 12.6 Å². The Kier molecular flexibility index (Phi) is 5.23. The highest BCUT2D eigenvalue weighted by Gasteiger charge is 2.39. The van der Waals surface area contributed by atoms with Crippen LogP contribution in [0.4, 0.5) is 13.2 Å². The van der Waals surface area contributed by atoms with Crippen molar-refractivity contribution in [2.24, 2.45) is 0 Å². The number of benzene rings is 1. The molecular weight excluding hydrogens is 375 g/mol. The first-order chi connectivity index (χ1) is 13.1. The Morgan fingerprint density at radius 1 is 1.29 bits per heavy atom. The van der Waals surface area contributed by atoms with Gasteiger partial charge in [0.25, 0.3) is 5.91 Å². The van der Waals surface area contributed by atoms with Crippen molar-refractivity contribution >= 4 is 11.9 Å². The van der Waals surface area contributed by atoms with E-state index in [0.717, 1.165) is 25.0 Å². The van der Waals surface area contributed by atoms with Crippen LogP contribution in [0.1, 0.15) is 70.5 Å². The Balaban J connectivity index is 1.94. The molecule has 3 rings (SSSR count). The van der Waals surface area contributed by atoms with Crippen LogP contribution in [0.25, 0.3) is 0 Å². The predicted molar refractivity (Wildman–Crippen MR) is 94.1 cm³/mol. The van der Waals surface area contributed by atoms with E-state index in [2.05, 4.69) is 0 Å². The van der Waals surface area contributed by atoms with Gasteiger partial charge in [-0.25, -0.2) is 4.79 Å². The fraction of sp³-hybridized carbons (Fsp3) is 0.400. The number of rotatable bonds is 6. The molecule has 0 saturated heterocycles. The minimum absolute atomic E-state index is 0.0756. The van der Waals surface area contributed by atoms with Gasteiger partial charge < -0.3 is 14.4 Å². The Morgan fingerprint density at radius 3 is 2.46 bits per heavy atom. The van der Waals surface area contributed by atoms with E-state index in [4.69, 9.17) is 4.42 Å². The van der Waals surface area contributed by atoms with Gasteiger partial charge in [0.05, 0.1) is 11.6 Å². The van der Waals surface area contributed by atoms with Crippen LogP contribution >= 0.6 is 0 Å². The molecule has 1 fully saturated rings. The third-order valence-electron chi connectivity index (χ3n) is 4.86. The average Bonchev–Trinajstić information content (AvgIpc) is 3.37. The van der Waals surface area contributed by atoms with Crippen molar-refractivity contribution in [2.75, 3.05) is 0 Å². The maximum atomic E-state index is 13.0.